The number of carboxylic acid groups (broad SMARTS) is 1. The van der Waals surface area contributed by atoms with Crippen LogP contribution in [0.1, 0.15) is 26.3 Å². The molecule has 7 heteroatoms. The van der Waals surface area contributed by atoms with Gasteiger partial charge in [0.1, 0.15) is 18.7 Å². The predicted molar refractivity (Wildman–Crippen MR) is 61.7 cm³/mol. The first-order valence-electron chi connectivity index (χ1n) is 5.80. The van der Waals surface area contributed by atoms with E-state index in [2.05, 4.69) is 10.1 Å². The first-order chi connectivity index (χ1) is 8.44. The van der Waals surface area contributed by atoms with Crippen molar-refractivity contribution in [1.29, 1.82) is 0 Å². The summed E-state index contributed by atoms with van der Waals surface area (Å²) < 4.78 is 1.47. The van der Waals surface area contributed by atoms with E-state index in [9.17, 15) is 9.59 Å². The topological polar surface area (TPSA) is 88.3 Å². The van der Waals surface area contributed by atoms with Crippen molar-refractivity contribution < 1.29 is 14.7 Å². The summed E-state index contributed by atoms with van der Waals surface area (Å²) >= 11 is 0. The third-order valence-corrected chi connectivity index (χ3v) is 3.49. The number of likely N-dealkylation sites (tertiary alicyclic amines) is 1. The molecule has 0 aromatic carbocycles. The summed E-state index contributed by atoms with van der Waals surface area (Å²) in [5.74, 6) is -0.975. The van der Waals surface area contributed by atoms with Gasteiger partial charge in [-0.3, -0.25) is 9.59 Å². The summed E-state index contributed by atoms with van der Waals surface area (Å²) in [6.45, 7) is 4.12. The molecule has 1 amide bonds. The zero-order valence-corrected chi connectivity index (χ0v) is 10.4. The number of carbonyl (C=O) groups excluding carboxylic acids is 1. The van der Waals surface area contributed by atoms with Crippen molar-refractivity contribution >= 4 is 11.9 Å². The Morgan fingerprint density at radius 3 is 2.72 bits per heavy atom. The second-order valence-electron chi connectivity index (χ2n) is 4.93. The van der Waals surface area contributed by atoms with Crippen molar-refractivity contribution in [3.8, 4) is 0 Å². The lowest BCUT2D eigenvalue weighted by atomic mass is 9.90. The molecule has 2 rings (SSSR count). The van der Waals surface area contributed by atoms with Crippen molar-refractivity contribution in [2.24, 2.45) is 5.41 Å². The van der Waals surface area contributed by atoms with Gasteiger partial charge in [-0.25, -0.2) is 9.67 Å². The molecule has 1 aliphatic rings. The molecule has 2 heterocycles. The molecule has 1 N–H and O–H groups in total. The molecule has 1 aromatic heterocycles. The Kier molecular flexibility index (Phi) is 3.06. The summed E-state index contributed by atoms with van der Waals surface area (Å²) in [6, 6.07) is -0.455. The highest BCUT2D eigenvalue weighted by Crippen LogP contribution is 2.31. The van der Waals surface area contributed by atoms with Crippen LogP contribution < -0.4 is 0 Å². The predicted octanol–water partition coefficient (Wildman–Crippen LogP) is 0.162. The molecular weight excluding hydrogens is 236 g/mol. The summed E-state index contributed by atoms with van der Waals surface area (Å²) in [5, 5.41) is 13.1. The van der Waals surface area contributed by atoms with Crippen LogP contribution in [0.3, 0.4) is 0 Å². The van der Waals surface area contributed by atoms with E-state index in [4.69, 9.17) is 5.11 Å². The standard InChI is InChI=1S/C11H16N4O3/c1-8(15-7-12-6-13-15)9(16)14-4-3-11(2,5-14)10(17)18/h6-8H,3-5H2,1-2H3,(H,17,18). The van der Waals surface area contributed by atoms with E-state index in [0.29, 0.717) is 13.0 Å². The van der Waals surface area contributed by atoms with Gasteiger partial charge < -0.3 is 10.0 Å². The molecule has 2 unspecified atom stereocenters. The zero-order valence-electron chi connectivity index (χ0n) is 10.4. The molecule has 7 nitrogen and oxygen atoms in total. The summed E-state index contributed by atoms with van der Waals surface area (Å²) in [4.78, 5) is 28.7. The van der Waals surface area contributed by atoms with Crippen molar-refractivity contribution in [3.05, 3.63) is 12.7 Å². The molecule has 2 atom stereocenters. The van der Waals surface area contributed by atoms with Gasteiger partial charge in [0.15, 0.2) is 0 Å². The molecule has 18 heavy (non-hydrogen) atoms. The van der Waals surface area contributed by atoms with Gasteiger partial charge in [-0.2, -0.15) is 5.10 Å². The Morgan fingerprint density at radius 2 is 2.22 bits per heavy atom. The van der Waals surface area contributed by atoms with Gasteiger partial charge in [0.05, 0.1) is 5.41 Å². The monoisotopic (exact) mass is 252 g/mol. The van der Waals surface area contributed by atoms with Crippen LogP contribution in [-0.4, -0.2) is 49.7 Å². The van der Waals surface area contributed by atoms with E-state index in [1.165, 1.54) is 17.3 Å². The average Bonchev–Trinajstić information content (AvgIpc) is 2.96. The maximum atomic E-state index is 12.2. The minimum atomic E-state index is -0.855. The molecule has 0 bridgehead atoms. The fourth-order valence-electron chi connectivity index (χ4n) is 2.12. The van der Waals surface area contributed by atoms with Crippen LogP contribution in [0.4, 0.5) is 0 Å². The summed E-state index contributed by atoms with van der Waals surface area (Å²) in [7, 11) is 0. The Bertz CT molecular complexity index is 459. The van der Waals surface area contributed by atoms with Gasteiger partial charge in [0.2, 0.25) is 5.91 Å². The summed E-state index contributed by atoms with van der Waals surface area (Å²) in [5.41, 5.74) is -0.836. The van der Waals surface area contributed by atoms with Gasteiger partial charge in [-0.05, 0) is 20.3 Å². The molecule has 98 valence electrons. The zero-order chi connectivity index (χ0) is 13.3. The number of rotatable bonds is 3. The van der Waals surface area contributed by atoms with Crippen LogP contribution in [0.15, 0.2) is 12.7 Å². The van der Waals surface area contributed by atoms with Crippen LogP contribution >= 0.6 is 0 Å². The molecule has 1 aliphatic heterocycles. The largest absolute Gasteiger partial charge is 0.481 e. The van der Waals surface area contributed by atoms with Crippen LogP contribution in [0.25, 0.3) is 0 Å². The normalized spacial score (nSPS) is 25.1. The molecular formula is C11H16N4O3. The number of carboxylic acids is 1. The number of hydrogen-bond donors (Lipinski definition) is 1. The molecule has 0 aliphatic carbocycles. The van der Waals surface area contributed by atoms with E-state index < -0.39 is 17.4 Å². The van der Waals surface area contributed by atoms with Crippen LogP contribution in [0.2, 0.25) is 0 Å². The maximum Gasteiger partial charge on any atom is 0.311 e. The van der Waals surface area contributed by atoms with E-state index in [1.807, 2.05) is 0 Å². The maximum absolute atomic E-state index is 12.2. The first kappa shape index (κ1) is 12.5. The Labute approximate surface area is 104 Å². The van der Waals surface area contributed by atoms with Crippen molar-refractivity contribution in [2.45, 2.75) is 26.3 Å². The van der Waals surface area contributed by atoms with Crippen molar-refractivity contribution in [2.75, 3.05) is 13.1 Å². The Hall–Kier alpha value is -1.92. The van der Waals surface area contributed by atoms with Crippen molar-refractivity contribution in [1.82, 2.24) is 19.7 Å². The Balaban J connectivity index is 2.06. The third kappa shape index (κ3) is 2.07. The van der Waals surface area contributed by atoms with Crippen LogP contribution in [-0.2, 0) is 9.59 Å². The number of amides is 1. The van der Waals surface area contributed by atoms with Gasteiger partial charge >= 0.3 is 5.97 Å². The average molecular weight is 252 g/mol. The second kappa shape index (κ2) is 4.40. The van der Waals surface area contributed by atoms with Gasteiger partial charge in [-0.15, -0.1) is 0 Å². The quantitative estimate of drug-likeness (QED) is 0.828. The number of nitrogens with zero attached hydrogens (tertiary/aromatic N) is 4. The van der Waals surface area contributed by atoms with E-state index in [-0.39, 0.29) is 12.5 Å². The SMILES string of the molecule is CC(C(=O)N1CCC(C)(C(=O)O)C1)n1cncn1. The smallest absolute Gasteiger partial charge is 0.311 e. The molecule has 0 radical (unpaired) electrons. The lowest BCUT2D eigenvalue weighted by molar-refractivity contribution is -0.147. The number of aromatic nitrogens is 3. The molecule has 1 saturated heterocycles. The first-order valence-corrected chi connectivity index (χ1v) is 5.80. The number of hydrogen-bond acceptors (Lipinski definition) is 4. The highest BCUT2D eigenvalue weighted by Gasteiger charge is 2.43. The van der Waals surface area contributed by atoms with Gasteiger partial charge in [0.25, 0.3) is 0 Å². The van der Waals surface area contributed by atoms with E-state index in [0.717, 1.165) is 0 Å². The lowest BCUT2D eigenvalue weighted by Crippen LogP contribution is -2.38. The third-order valence-electron chi connectivity index (χ3n) is 3.49. The minimum absolute atomic E-state index is 0.120. The van der Waals surface area contributed by atoms with Crippen LogP contribution in [0, 0.1) is 5.41 Å². The van der Waals surface area contributed by atoms with Crippen LogP contribution in [0.5, 0.6) is 0 Å². The van der Waals surface area contributed by atoms with E-state index >= 15 is 0 Å². The van der Waals surface area contributed by atoms with E-state index in [1.54, 1.807) is 18.7 Å². The van der Waals surface area contributed by atoms with Gasteiger partial charge in [0, 0.05) is 13.1 Å². The highest BCUT2D eigenvalue weighted by molar-refractivity contribution is 5.82. The number of aliphatic carboxylic acids is 1. The van der Waals surface area contributed by atoms with Crippen molar-refractivity contribution in [3.63, 3.8) is 0 Å². The van der Waals surface area contributed by atoms with Gasteiger partial charge in [-0.1, -0.05) is 0 Å². The highest BCUT2D eigenvalue weighted by atomic mass is 16.4. The Morgan fingerprint density at radius 1 is 1.50 bits per heavy atom. The fraction of sp³-hybridized carbons (Fsp3) is 0.636. The molecule has 0 saturated carbocycles. The second-order valence-corrected chi connectivity index (χ2v) is 4.93. The molecule has 0 spiro atoms. The molecule has 1 fully saturated rings. The molecule has 1 aromatic rings. The lowest BCUT2D eigenvalue weighted by Gasteiger charge is -2.22. The summed E-state index contributed by atoms with van der Waals surface area (Å²) in [6.07, 6.45) is 3.34. The number of carbonyl (C=O) groups is 2. The minimum Gasteiger partial charge on any atom is -0.481 e. The fourth-order valence-corrected chi connectivity index (χ4v) is 2.12.